The maximum absolute atomic E-state index is 12.7. The van der Waals surface area contributed by atoms with Gasteiger partial charge in [-0.1, -0.05) is 91.0 Å². The van der Waals surface area contributed by atoms with Crippen LogP contribution in [0.4, 0.5) is 0 Å². The summed E-state index contributed by atoms with van der Waals surface area (Å²) in [4.78, 5) is 24.2. The van der Waals surface area contributed by atoms with Crippen LogP contribution < -0.4 is 11.1 Å². The van der Waals surface area contributed by atoms with E-state index in [9.17, 15) is 9.59 Å². The van der Waals surface area contributed by atoms with Crippen LogP contribution in [0.3, 0.4) is 0 Å². The minimum Gasteiger partial charge on any atom is -0.443 e. The van der Waals surface area contributed by atoms with Crippen molar-refractivity contribution in [1.82, 2.24) is 5.32 Å². The molecule has 0 saturated heterocycles. The molecule has 0 unspecified atom stereocenters. The number of rotatable bonds is 7. The van der Waals surface area contributed by atoms with Gasteiger partial charge in [0.15, 0.2) is 5.60 Å². The average molecular weight is 374 g/mol. The van der Waals surface area contributed by atoms with Crippen molar-refractivity contribution in [2.75, 3.05) is 13.1 Å². The van der Waals surface area contributed by atoms with E-state index in [-0.39, 0.29) is 13.1 Å². The van der Waals surface area contributed by atoms with E-state index >= 15 is 0 Å². The molecule has 0 aromatic heterocycles. The number of hydrogen-bond acceptors (Lipinski definition) is 4. The number of hydrogen-bond donors (Lipinski definition) is 2. The van der Waals surface area contributed by atoms with Crippen LogP contribution >= 0.6 is 0 Å². The molecule has 0 spiro atoms. The maximum atomic E-state index is 12.7. The molecule has 3 aromatic rings. The Kier molecular flexibility index (Phi) is 6.19. The van der Waals surface area contributed by atoms with Gasteiger partial charge in [0.1, 0.15) is 6.54 Å². The molecule has 5 nitrogen and oxygen atoms in total. The standard InChI is InChI=1S/C23H22N2O3/c24-16-21(26)25-17-22(27)28-23(18-10-4-1-5-11-18,19-12-6-2-7-13-19)20-14-8-3-9-15-20/h1-15H,16-17,24H2,(H,25,26). The van der Waals surface area contributed by atoms with Crippen LogP contribution in [0.15, 0.2) is 91.0 Å². The van der Waals surface area contributed by atoms with Crippen LogP contribution in [-0.2, 0) is 19.9 Å². The fourth-order valence-electron chi connectivity index (χ4n) is 3.15. The first kappa shape index (κ1) is 19.3. The van der Waals surface area contributed by atoms with Crippen LogP contribution in [0.2, 0.25) is 0 Å². The van der Waals surface area contributed by atoms with Gasteiger partial charge in [0.2, 0.25) is 5.91 Å². The van der Waals surface area contributed by atoms with Crippen molar-refractivity contribution in [3.8, 4) is 0 Å². The average Bonchev–Trinajstić information content (AvgIpc) is 2.77. The van der Waals surface area contributed by atoms with E-state index in [1.807, 2.05) is 91.0 Å². The summed E-state index contributed by atoms with van der Waals surface area (Å²) in [7, 11) is 0. The minimum atomic E-state index is -1.14. The van der Waals surface area contributed by atoms with Gasteiger partial charge in [0.05, 0.1) is 6.54 Å². The molecule has 1 amide bonds. The highest BCUT2D eigenvalue weighted by Gasteiger charge is 2.40. The zero-order chi connectivity index (χ0) is 19.8. The van der Waals surface area contributed by atoms with Crippen molar-refractivity contribution in [3.63, 3.8) is 0 Å². The Labute approximate surface area is 164 Å². The molecule has 3 aromatic carbocycles. The second-order valence-electron chi connectivity index (χ2n) is 6.23. The highest BCUT2D eigenvalue weighted by Crippen LogP contribution is 2.40. The molecule has 142 valence electrons. The van der Waals surface area contributed by atoms with Crippen LogP contribution in [0.5, 0.6) is 0 Å². The highest BCUT2D eigenvalue weighted by atomic mass is 16.6. The molecule has 0 bridgehead atoms. The van der Waals surface area contributed by atoms with Crippen molar-refractivity contribution in [3.05, 3.63) is 108 Å². The number of carbonyl (C=O) groups excluding carboxylic acids is 2. The predicted octanol–water partition coefficient (Wildman–Crippen LogP) is 2.60. The smallest absolute Gasteiger partial charge is 0.326 e. The molecule has 0 atom stereocenters. The molecule has 0 heterocycles. The first-order valence-corrected chi connectivity index (χ1v) is 9.02. The van der Waals surface area contributed by atoms with Crippen molar-refractivity contribution >= 4 is 11.9 Å². The Morgan fingerprint density at radius 3 is 1.50 bits per heavy atom. The van der Waals surface area contributed by atoms with Gasteiger partial charge in [-0.05, 0) is 0 Å². The fraction of sp³-hybridized carbons (Fsp3) is 0.130. The van der Waals surface area contributed by atoms with Gasteiger partial charge in [-0.2, -0.15) is 0 Å². The van der Waals surface area contributed by atoms with Crippen LogP contribution in [0, 0.1) is 0 Å². The van der Waals surface area contributed by atoms with Gasteiger partial charge in [-0.3, -0.25) is 9.59 Å². The lowest BCUT2D eigenvalue weighted by molar-refractivity contribution is -0.153. The SMILES string of the molecule is NCC(=O)NCC(=O)OC(c1ccccc1)(c1ccccc1)c1ccccc1. The number of esters is 1. The lowest BCUT2D eigenvalue weighted by Crippen LogP contribution is -2.40. The molecule has 0 fully saturated rings. The van der Waals surface area contributed by atoms with Crippen LogP contribution in [0.1, 0.15) is 16.7 Å². The first-order valence-electron chi connectivity index (χ1n) is 9.02. The lowest BCUT2D eigenvalue weighted by Gasteiger charge is -2.35. The highest BCUT2D eigenvalue weighted by molar-refractivity contribution is 5.83. The fourth-order valence-corrected chi connectivity index (χ4v) is 3.15. The van der Waals surface area contributed by atoms with Crippen molar-refractivity contribution in [2.45, 2.75) is 5.60 Å². The van der Waals surface area contributed by atoms with Gasteiger partial charge in [0, 0.05) is 16.7 Å². The molecule has 3 rings (SSSR count). The third-order valence-electron chi connectivity index (χ3n) is 4.42. The summed E-state index contributed by atoms with van der Waals surface area (Å²) in [5.41, 5.74) is 6.58. The maximum Gasteiger partial charge on any atom is 0.326 e. The third kappa shape index (κ3) is 4.10. The number of ether oxygens (including phenoxy) is 1. The van der Waals surface area contributed by atoms with E-state index in [1.54, 1.807) is 0 Å². The van der Waals surface area contributed by atoms with E-state index in [2.05, 4.69) is 5.32 Å². The Bertz CT molecular complexity index is 816. The van der Waals surface area contributed by atoms with Gasteiger partial charge in [-0.25, -0.2) is 0 Å². The van der Waals surface area contributed by atoms with Crippen LogP contribution in [0.25, 0.3) is 0 Å². The van der Waals surface area contributed by atoms with Gasteiger partial charge < -0.3 is 15.8 Å². The summed E-state index contributed by atoms with van der Waals surface area (Å²) in [6, 6.07) is 28.7. The summed E-state index contributed by atoms with van der Waals surface area (Å²) < 4.78 is 6.10. The molecule has 0 aliphatic rings. The Hall–Kier alpha value is -3.44. The second-order valence-corrected chi connectivity index (χ2v) is 6.23. The topological polar surface area (TPSA) is 81.4 Å². The number of nitrogens with one attached hydrogen (secondary N) is 1. The molecular formula is C23H22N2O3. The molecule has 3 N–H and O–H groups in total. The molecule has 0 saturated carbocycles. The first-order chi connectivity index (χ1) is 13.7. The molecular weight excluding hydrogens is 352 g/mol. The summed E-state index contributed by atoms with van der Waals surface area (Å²) in [6.45, 7) is -0.446. The minimum absolute atomic E-state index is 0.186. The van der Waals surface area contributed by atoms with Crippen molar-refractivity contribution in [2.24, 2.45) is 5.73 Å². The van der Waals surface area contributed by atoms with E-state index in [1.165, 1.54) is 0 Å². The predicted molar refractivity (Wildman–Crippen MR) is 107 cm³/mol. The number of nitrogens with two attached hydrogens (primary N) is 1. The second kappa shape index (κ2) is 8.97. The van der Waals surface area contributed by atoms with E-state index in [4.69, 9.17) is 10.5 Å². The third-order valence-corrected chi connectivity index (χ3v) is 4.42. The van der Waals surface area contributed by atoms with Crippen molar-refractivity contribution in [1.29, 1.82) is 0 Å². The zero-order valence-corrected chi connectivity index (χ0v) is 15.4. The monoisotopic (exact) mass is 374 g/mol. The van der Waals surface area contributed by atoms with E-state index in [0.29, 0.717) is 0 Å². The molecule has 0 aliphatic carbocycles. The summed E-state index contributed by atoms with van der Waals surface area (Å²) in [5, 5.41) is 2.47. The summed E-state index contributed by atoms with van der Waals surface area (Å²) >= 11 is 0. The number of amides is 1. The number of carbonyl (C=O) groups is 2. The van der Waals surface area contributed by atoms with Gasteiger partial charge in [-0.15, -0.1) is 0 Å². The molecule has 28 heavy (non-hydrogen) atoms. The summed E-state index contributed by atoms with van der Waals surface area (Å²) in [6.07, 6.45) is 0. The summed E-state index contributed by atoms with van der Waals surface area (Å²) in [5.74, 6) is -0.972. The molecule has 5 heteroatoms. The van der Waals surface area contributed by atoms with Crippen molar-refractivity contribution < 1.29 is 14.3 Å². The Morgan fingerprint density at radius 2 is 1.14 bits per heavy atom. The van der Waals surface area contributed by atoms with Crippen LogP contribution in [-0.4, -0.2) is 25.0 Å². The van der Waals surface area contributed by atoms with E-state index < -0.39 is 17.5 Å². The van der Waals surface area contributed by atoms with Gasteiger partial charge >= 0.3 is 5.97 Å². The Balaban J connectivity index is 2.11. The largest absolute Gasteiger partial charge is 0.443 e. The van der Waals surface area contributed by atoms with Gasteiger partial charge in [0.25, 0.3) is 0 Å². The van der Waals surface area contributed by atoms with E-state index in [0.717, 1.165) is 16.7 Å². The number of benzene rings is 3. The lowest BCUT2D eigenvalue weighted by atomic mass is 9.80. The Morgan fingerprint density at radius 1 is 0.750 bits per heavy atom. The molecule has 0 radical (unpaired) electrons. The zero-order valence-electron chi connectivity index (χ0n) is 15.4. The molecule has 0 aliphatic heterocycles. The normalized spacial score (nSPS) is 10.9. The quantitative estimate of drug-likeness (QED) is 0.492.